The molecule has 0 unspecified atom stereocenters. The Hall–Kier alpha value is -3.85. The van der Waals surface area contributed by atoms with Crippen molar-refractivity contribution in [2.24, 2.45) is 0 Å². The fraction of sp³-hybridized carbons (Fsp3) is 0.240. The van der Waals surface area contributed by atoms with Crippen LogP contribution in [-0.4, -0.2) is 25.0 Å². The number of allylic oxidation sites excluding steroid dienone is 1. The monoisotopic (exact) mass is 416 g/mol. The van der Waals surface area contributed by atoms with Crippen molar-refractivity contribution >= 4 is 29.3 Å². The number of benzene rings is 2. The van der Waals surface area contributed by atoms with Crippen LogP contribution < -0.4 is 4.90 Å². The first-order valence-corrected chi connectivity index (χ1v) is 10.1. The molecule has 1 aliphatic rings. The number of carbonyl (C=O) groups is 2. The van der Waals surface area contributed by atoms with E-state index in [1.807, 2.05) is 24.3 Å². The Kier molecular flexibility index (Phi) is 6.88. The Morgan fingerprint density at radius 1 is 1.10 bits per heavy atom. The highest BCUT2D eigenvalue weighted by Gasteiger charge is 2.31. The van der Waals surface area contributed by atoms with E-state index < -0.39 is 5.97 Å². The molecule has 3 rings (SSSR count). The standard InChI is InChI=1S/C25H24N2O4/c1-5-27(6-2)21-13-9-18(10-14-21)15-22-23(24(26-4)25(29)31-22)20-11-7-19(8-12-20)16-30-17(3)28/h7-15H,5-6,16H2,1-3H3/b22-15-. The number of nitrogens with zero attached hydrogens (tertiary/aromatic N) is 2. The molecule has 0 aliphatic carbocycles. The number of esters is 2. The topological polar surface area (TPSA) is 60.2 Å². The van der Waals surface area contributed by atoms with Gasteiger partial charge >= 0.3 is 11.9 Å². The van der Waals surface area contributed by atoms with Gasteiger partial charge in [-0.3, -0.25) is 9.59 Å². The minimum Gasteiger partial charge on any atom is -0.461 e. The molecular formula is C25H24N2O4. The Morgan fingerprint density at radius 2 is 1.74 bits per heavy atom. The maximum atomic E-state index is 12.3. The van der Waals surface area contributed by atoms with Gasteiger partial charge in [0, 0.05) is 31.3 Å². The van der Waals surface area contributed by atoms with Gasteiger partial charge in [-0.2, -0.15) is 0 Å². The summed E-state index contributed by atoms with van der Waals surface area (Å²) in [6.45, 7) is 15.0. The van der Waals surface area contributed by atoms with Crippen LogP contribution in [0.15, 0.2) is 60.0 Å². The molecule has 0 radical (unpaired) electrons. The largest absolute Gasteiger partial charge is 0.461 e. The summed E-state index contributed by atoms with van der Waals surface area (Å²) in [4.78, 5) is 28.9. The lowest BCUT2D eigenvalue weighted by Crippen LogP contribution is -2.21. The summed E-state index contributed by atoms with van der Waals surface area (Å²) in [6, 6.07) is 15.2. The number of hydrogen-bond donors (Lipinski definition) is 0. The third-order valence-corrected chi connectivity index (χ3v) is 5.00. The third kappa shape index (κ3) is 5.01. The Balaban J connectivity index is 1.92. The highest BCUT2D eigenvalue weighted by atomic mass is 16.5. The number of cyclic esters (lactones) is 1. The second-order valence-electron chi connectivity index (χ2n) is 6.97. The van der Waals surface area contributed by atoms with Crippen LogP contribution in [0.2, 0.25) is 0 Å². The summed E-state index contributed by atoms with van der Waals surface area (Å²) >= 11 is 0. The van der Waals surface area contributed by atoms with E-state index in [1.165, 1.54) is 6.92 Å². The van der Waals surface area contributed by atoms with E-state index in [1.54, 1.807) is 30.3 Å². The van der Waals surface area contributed by atoms with Gasteiger partial charge in [-0.25, -0.2) is 4.85 Å². The molecule has 0 N–H and O–H groups in total. The van der Waals surface area contributed by atoms with E-state index in [4.69, 9.17) is 16.0 Å². The first-order valence-electron chi connectivity index (χ1n) is 10.1. The van der Waals surface area contributed by atoms with E-state index >= 15 is 0 Å². The summed E-state index contributed by atoms with van der Waals surface area (Å²) in [6.07, 6.45) is 1.77. The van der Waals surface area contributed by atoms with Gasteiger partial charge < -0.3 is 14.4 Å². The Labute approximate surface area is 182 Å². The maximum absolute atomic E-state index is 12.3. The van der Waals surface area contributed by atoms with Crippen LogP contribution >= 0.6 is 0 Å². The molecule has 0 saturated heterocycles. The summed E-state index contributed by atoms with van der Waals surface area (Å²) < 4.78 is 10.4. The molecule has 158 valence electrons. The van der Waals surface area contributed by atoms with E-state index in [0.29, 0.717) is 16.9 Å². The highest BCUT2D eigenvalue weighted by molar-refractivity contribution is 6.09. The van der Waals surface area contributed by atoms with Crippen LogP contribution in [-0.2, 0) is 25.7 Å². The summed E-state index contributed by atoms with van der Waals surface area (Å²) in [5.41, 5.74) is 3.91. The molecular weight excluding hydrogens is 392 g/mol. The van der Waals surface area contributed by atoms with Crippen LogP contribution in [0.1, 0.15) is 37.5 Å². The minimum atomic E-state index is -0.653. The first-order chi connectivity index (χ1) is 15.0. The lowest BCUT2D eigenvalue weighted by molar-refractivity contribution is -0.142. The zero-order valence-corrected chi connectivity index (χ0v) is 17.8. The van der Waals surface area contributed by atoms with Crippen LogP contribution in [0, 0.1) is 6.57 Å². The van der Waals surface area contributed by atoms with Crippen molar-refractivity contribution in [2.45, 2.75) is 27.4 Å². The second-order valence-corrected chi connectivity index (χ2v) is 6.97. The van der Waals surface area contributed by atoms with Crippen molar-refractivity contribution in [3.63, 3.8) is 0 Å². The van der Waals surface area contributed by atoms with Crippen LogP contribution in [0.3, 0.4) is 0 Å². The van der Waals surface area contributed by atoms with E-state index in [-0.39, 0.29) is 18.3 Å². The molecule has 1 aliphatic heterocycles. The van der Waals surface area contributed by atoms with Crippen molar-refractivity contribution in [1.82, 2.24) is 0 Å². The molecule has 2 aromatic rings. The average Bonchev–Trinajstić information content (AvgIpc) is 3.09. The Bertz CT molecular complexity index is 1070. The SMILES string of the molecule is [C-]#[N+]C1=C(c2ccc(COC(C)=O)cc2)/C(=C/c2ccc(N(CC)CC)cc2)OC1=O. The zero-order valence-electron chi connectivity index (χ0n) is 17.8. The number of hydrogen-bond acceptors (Lipinski definition) is 5. The number of ether oxygens (including phenoxy) is 2. The lowest BCUT2D eigenvalue weighted by atomic mass is 10.0. The van der Waals surface area contributed by atoms with Gasteiger partial charge in [0.25, 0.3) is 5.70 Å². The smallest absolute Gasteiger partial charge is 0.342 e. The zero-order chi connectivity index (χ0) is 22.4. The van der Waals surface area contributed by atoms with E-state index in [2.05, 4.69) is 23.6 Å². The van der Waals surface area contributed by atoms with Gasteiger partial charge in [0.05, 0.1) is 6.57 Å². The molecule has 0 bridgehead atoms. The molecule has 0 saturated carbocycles. The van der Waals surface area contributed by atoms with Crippen molar-refractivity contribution in [3.8, 4) is 0 Å². The molecule has 0 fully saturated rings. The molecule has 0 spiro atoms. The molecule has 0 amide bonds. The molecule has 6 nitrogen and oxygen atoms in total. The number of anilines is 1. The van der Waals surface area contributed by atoms with Crippen molar-refractivity contribution in [3.05, 3.63) is 88.1 Å². The number of carbonyl (C=O) groups excluding carboxylic acids is 2. The summed E-state index contributed by atoms with van der Waals surface area (Å²) in [5.74, 6) is -0.659. The first kappa shape index (κ1) is 21.8. The molecule has 0 atom stereocenters. The second kappa shape index (κ2) is 9.77. The van der Waals surface area contributed by atoms with E-state index in [0.717, 1.165) is 29.9 Å². The van der Waals surface area contributed by atoms with Crippen LogP contribution in [0.5, 0.6) is 0 Å². The molecule has 0 aromatic heterocycles. The summed E-state index contributed by atoms with van der Waals surface area (Å²) in [7, 11) is 0. The van der Waals surface area contributed by atoms with Crippen molar-refractivity contribution in [1.29, 1.82) is 0 Å². The minimum absolute atomic E-state index is 0.0428. The van der Waals surface area contributed by atoms with Crippen molar-refractivity contribution in [2.75, 3.05) is 18.0 Å². The van der Waals surface area contributed by atoms with Gasteiger partial charge in [-0.05, 0) is 48.7 Å². The third-order valence-electron chi connectivity index (χ3n) is 5.00. The quantitative estimate of drug-likeness (QED) is 0.478. The summed E-state index contributed by atoms with van der Waals surface area (Å²) in [5, 5.41) is 0. The van der Waals surface area contributed by atoms with Crippen LogP contribution in [0.4, 0.5) is 5.69 Å². The predicted molar refractivity (Wildman–Crippen MR) is 120 cm³/mol. The highest BCUT2D eigenvalue weighted by Crippen LogP contribution is 2.36. The maximum Gasteiger partial charge on any atom is 0.342 e. The van der Waals surface area contributed by atoms with Crippen LogP contribution in [0.25, 0.3) is 16.5 Å². The molecule has 1 heterocycles. The van der Waals surface area contributed by atoms with Gasteiger partial charge in [-0.15, -0.1) is 0 Å². The normalized spacial score (nSPS) is 14.4. The average molecular weight is 416 g/mol. The molecule has 31 heavy (non-hydrogen) atoms. The van der Waals surface area contributed by atoms with Crippen molar-refractivity contribution < 1.29 is 19.1 Å². The number of rotatable bonds is 7. The van der Waals surface area contributed by atoms with Gasteiger partial charge in [-0.1, -0.05) is 36.4 Å². The Morgan fingerprint density at radius 3 is 2.29 bits per heavy atom. The molecule has 2 aromatic carbocycles. The fourth-order valence-electron chi connectivity index (χ4n) is 3.37. The van der Waals surface area contributed by atoms with Gasteiger partial charge in [0.1, 0.15) is 12.4 Å². The lowest BCUT2D eigenvalue weighted by Gasteiger charge is -2.20. The van der Waals surface area contributed by atoms with Gasteiger partial charge in [0.2, 0.25) is 0 Å². The molecule has 6 heteroatoms. The van der Waals surface area contributed by atoms with Gasteiger partial charge in [0.15, 0.2) is 0 Å². The predicted octanol–water partition coefficient (Wildman–Crippen LogP) is 4.82. The van der Waals surface area contributed by atoms with E-state index in [9.17, 15) is 9.59 Å². The fourth-order valence-corrected chi connectivity index (χ4v) is 3.37.